The first-order chi connectivity index (χ1) is 15.1. The lowest BCUT2D eigenvalue weighted by molar-refractivity contribution is -0.149. The van der Waals surface area contributed by atoms with Crippen molar-refractivity contribution in [3.63, 3.8) is 0 Å². The number of piperidine rings is 1. The Morgan fingerprint density at radius 1 is 1.10 bits per heavy atom. The number of likely N-dealkylation sites (tertiary alicyclic amines) is 2. The molecule has 4 aliphatic rings. The second-order valence-electron chi connectivity index (χ2n) is 10.4. The summed E-state index contributed by atoms with van der Waals surface area (Å²) >= 11 is 0. The van der Waals surface area contributed by atoms with Gasteiger partial charge in [-0.1, -0.05) is 6.07 Å². The van der Waals surface area contributed by atoms with Crippen LogP contribution in [-0.4, -0.2) is 74.6 Å². The Labute approximate surface area is 184 Å². The number of H-pyrrole nitrogens is 1. The van der Waals surface area contributed by atoms with Crippen LogP contribution in [0.2, 0.25) is 0 Å². The molecular weight excluding hydrogens is 388 g/mol. The lowest BCUT2D eigenvalue weighted by Crippen LogP contribution is -2.71. The third kappa shape index (κ3) is 3.22. The predicted octanol–water partition coefficient (Wildman–Crippen LogP) is 2.46. The van der Waals surface area contributed by atoms with E-state index in [2.05, 4.69) is 26.1 Å². The fourth-order valence-corrected chi connectivity index (χ4v) is 6.84. The molecule has 1 aromatic heterocycles. The van der Waals surface area contributed by atoms with Gasteiger partial charge in [0.05, 0.1) is 5.60 Å². The third-order valence-electron chi connectivity index (χ3n) is 8.78. The molecule has 0 radical (unpaired) electrons. The number of fused-ring (bicyclic) bond motifs is 1. The van der Waals surface area contributed by atoms with Crippen molar-refractivity contribution < 1.29 is 10.2 Å². The van der Waals surface area contributed by atoms with Crippen molar-refractivity contribution in [2.45, 2.75) is 62.0 Å². The number of phenols is 1. The van der Waals surface area contributed by atoms with Crippen molar-refractivity contribution >= 4 is 0 Å². The van der Waals surface area contributed by atoms with Gasteiger partial charge in [-0.05, 0) is 86.9 Å². The maximum absolute atomic E-state index is 12.5. The lowest BCUT2D eigenvalue weighted by Gasteiger charge is -2.61. The van der Waals surface area contributed by atoms with E-state index in [1.807, 2.05) is 24.4 Å². The van der Waals surface area contributed by atoms with Gasteiger partial charge in [0.1, 0.15) is 5.75 Å². The van der Waals surface area contributed by atoms with Crippen molar-refractivity contribution in [3.8, 4) is 5.75 Å². The van der Waals surface area contributed by atoms with E-state index in [0.29, 0.717) is 5.75 Å². The molecule has 31 heavy (non-hydrogen) atoms. The summed E-state index contributed by atoms with van der Waals surface area (Å²) in [6.07, 6.45) is 9.10. The van der Waals surface area contributed by atoms with Crippen LogP contribution in [0.1, 0.15) is 48.9 Å². The van der Waals surface area contributed by atoms with Crippen LogP contribution < -0.4 is 0 Å². The number of nitrogens with zero attached hydrogens (tertiary/aromatic N) is 3. The molecule has 6 nitrogen and oxygen atoms in total. The van der Waals surface area contributed by atoms with Crippen LogP contribution in [0.15, 0.2) is 30.5 Å². The summed E-state index contributed by atoms with van der Waals surface area (Å²) in [6, 6.07) is 8.14. The fourth-order valence-electron chi connectivity index (χ4n) is 6.84. The van der Waals surface area contributed by atoms with Crippen LogP contribution in [0.5, 0.6) is 5.75 Å². The van der Waals surface area contributed by atoms with E-state index < -0.39 is 5.60 Å². The number of aliphatic hydroxyl groups is 1. The minimum Gasteiger partial charge on any atom is -0.508 e. The van der Waals surface area contributed by atoms with Gasteiger partial charge in [-0.25, -0.2) is 0 Å². The monoisotopic (exact) mass is 422 g/mol. The number of phenolic OH excluding ortho intramolecular Hbond substituents is 1. The molecule has 3 N–H and O–H groups in total. The summed E-state index contributed by atoms with van der Waals surface area (Å²) in [7, 11) is 0. The summed E-state index contributed by atoms with van der Waals surface area (Å²) in [5.74, 6) is 1.16. The fraction of sp³-hybridized carbons (Fsp3) is 0.640. The van der Waals surface area contributed by atoms with Gasteiger partial charge >= 0.3 is 0 Å². The first-order valence-electron chi connectivity index (χ1n) is 12.1. The van der Waals surface area contributed by atoms with Crippen molar-refractivity contribution in [2.24, 2.45) is 5.92 Å². The van der Waals surface area contributed by atoms with Gasteiger partial charge in [-0.15, -0.1) is 0 Å². The van der Waals surface area contributed by atoms with Gasteiger partial charge < -0.3 is 15.1 Å². The van der Waals surface area contributed by atoms with Crippen molar-refractivity contribution in [1.82, 2.24) is 20.0 Å². The maximum Gasteiger partial charge on any atom is 0.115 e. The van der Waals surface area contributed by atoms with Crippen LogP contribution in [0.4, 0.5) is 0 Å². The number of hydrogen-bond acceptors (Lipinski definition) is 5. The highest BCUT2D eigenvalue weighted by atomic mass is 16.3. The first-order valence-corrected chi connectivity index (χ1v) is 12.1. The van der Waals surface area contributed by atoms with E-state index in [-0.39, 0.29) is 11.5 Å². The summed E-state index contributed by atoms with van der Waals surface area (Å²) in [5.41, 5.74) is 2.73. The van der Waals surface area contributed by atoms with Crippen LogP contribution in [0.25, 0.3) is 0 Å². The number of aromatic amines is 1. The molecule has 1 aromatic carbocycles. The Bertz CT molecular complexity index is 943. The van der Waals surface area contributed by atoms with E-state index in [1.54, 1.807) is 0 Å². The third-order valence-corrected chi connectivity index (χ3v) is 8.78. The molecule has 0 spiro atoms. The van der Waals surface area contributed by atoms with E-state index in [9.17, 15) is 10.2 Å². The largest absolute Gasteiger partial charge is 0.508 e. The maximum atomic E-state index is 12.5. The molecule has 2 aliphatic carbocycles. The van der Waals surface area contributed by atoms with Gasteiger partial charge in [0.15, 0.2) is 0 Å². The molecule has 3 fully saturated rings. The SMILES string of the molecule is Oc1ccc2c(c1)[C@@]13CCN(CCc4ccn[nH]4)CC[C@@]1(O)[C@@H](C2)N(CC1CC1)CC3. The highest BCUT2D eigenvalue weighted by molar-refractivity contribution is 5.48. The summed E-state index contributed by atoms with van der Waals surface area (Å²) < 4.78 is 0. The molecule has 2 bridgehead atoms. The van der Waals surface area contributed by atoms with E-state index in [4.69, 9.17) is 0 Å². The minimum atomic E-state index is -0.732. The van der Waals surface area contributed by atoms with Gasteiger partial charge in [0.2, 0.25) is 0 Å². The number of hydrogen-bond donors (Lipinski definition) is 3. The minimum absolute atomic E-state index is 0.187. The zero-order valence-electron chi connectivity index (χ0n) is 18.3. The molecule has 1 saturated carbocycles. The molecule has 3 heterocycles. The molecule has 6 rings (SSSR count). The summed E-state index contributed by atoms with van der Waals surface area (Å²) in [6.45, 7) is 5.10. The predicted molar refractivity (Wildman–Crippen MR) is 119 cm³/mol. The molecule has 166 valence electrons. The topological polar surface area (TPSA) is 75.6 Å². The molecule has 3 atom stereocenters. The Morgan fingerprint density at radius 2 is 1.94 bits per heavy atom. The second kappa shape index (κ2) is 7.32. The van der Waals surface area contributed by atoms with Gasteiger partial charge in [0, 0.05) is 49.4 Å². The smallest absolute Gasteiger partial charge is 0.115 e. The second-order valence-corrected chi connectivity index (χ2v) is 10.4. The number of aromatic nitrogens is 2. The van der Waals surface area contributed by atoms with E-state index >= 15 is 0 Å². The zero-order valence-corrected chi connectivity index (χ0v) is 18.3. The Balaban J connectivity index is 1.33. The molecule has 2 aliphatic heterocycles. The Kier molecular flexibility index (Phi) is 4.67. The molecule has 2 aromatic rings. The average molecular weight is 423 g/mol. The molecule has 0 amide bonds. The molecule has 2 saturated heterocycles. The molecular formula is C25H34N4O2. The average Bonchev–Trinajstić information content (AvgIpc) is 3.46. The van der Waals surface area contributed by atoms with Crippen molar-refractivity contribution in [1.29, 1.82) is 0 Å². The quantitative estimate of drug-likeness (QED) is 0.690. The van der Waals surface area contributed by atoms with Crippen LogP contribution in [0.3, 0.4) is 0 Å². The van der Waals surface area contributed by atoms with Crippen molar-refractivity contribution in [2.75, 3.05) is 32.7 Å². The van der Waals surface area contributed by atoms with Gasteiger partial charge in [0.25, 0.3) is 0 Å². The van der Waals surface area contributed by atoms with Crippen molar-refractivity contribution in [3.05, 3.63) is 47.3 Å². The normalized spacial score (nSPS) is 33.5. The van der Waals surface area contributed by atoms with E-state index in [1.165, 1.54) is 29.7 Å². The molecule has 6 heteroatoms. The van der Waals surface area contributed by atoms with Crippen LogP contribution in [0, 0.1) is 5.92 Å². The van der Waals surface area contributed by atoms with Gasteiger partial charge in [-0.3, -0.25) is 10.00 Å². The highest BCUT2D eigenvalue weighted by Crippen LogP contribution is 2.56. The van der Waals surface area contributed by atoms with Crippen LogP contribution >= 0.6 is 0 Å². The summed E-state index contributed by atoms with van der Waals surface area (Å²) in [5, 5.41) is 30.0. The number of aromatic hydroxyl groups is 1. The van der Waals surface area contributed by atoms with Gasteiger partial charge in [-0.2, -0.15) is 5.10 Å². The summed E-state index contributed by atoms with van der Waals surface area (Å²) in [4.78, 5) is 5.14. The highest BCUT2D eigenvalue weighted by Gasteiger charge is 2.63. The number of nitrogens with one attached hydrogen (secondary N) is 1. The zero-order chi connectivity index (χ0) is 21.1. The Morgan fingerprint density at radius 3 is 2.74 bits per heavy atom. The number of benzene rings is 1. The lowest BCUT2D eigenvalue weighted by atomic mass is 9.52. The number of rotatable bonds is 5. The standard InChI is InChI=1S/C25H34N4O2/c30-21-4-3-19-15-23-25(31)9-13-28(11-6-20-5-10-26-27-20)12-7-24(25,22(19)16-21)8-14-29(23)17-18-1-2-18/h3-5,10,16,18,23,30-31H,1-2,6-9,11-15,17H2,(H,26,27)/t23-,24+,25-/m1/s1. The first kappa shape index (κ1) is 19.8. The Hall–Kier alpha value is -1.89. The molecule has 0 unspecified atom stereocenters. The van der Waals surface area contributed by atoms with E-state index in [0.717, 1.165) is 70.7 Å². The van der Waals surface area contributed by atoms with Crippen LogP contribution in [-0.2, 0) is 18.3 Å².